The maximum Gasteiger partial charge on any atom is 0.120 e. The van der Waals surface area contributed by atoms with Crippen LogP contribution in [0.4, 0.5) is 0 Å². The normalized spacial score (nSPS) is 10.9. The highest BCUT2D eigenvalue weighted by Crippen LogP contribution is 2.18. The molecule has 0 aliphatic carbocycles. The van der Waals surface area contributed by atoms with Gasteiger partial charge >= 0.3 is 0 Å². The summed E-state index contributed by atoms with van der Waals surface area (Å²) in [5.74, 6) is 0.950. The van der Waals surface area contributed by atoms with Crippen LogP contribution in [0.3, 0.4) is 0 Å². The molecule has 0 spiro atoms. The number of halogens is 1. The SMILES string of the molecule is CC(C)NCCCCCCOc1cccc(Br)c1. The summed E-state index contributed by atoms with van der Waals surface area (Å²) in [5.41, 5.74) is 0. The molecular weight excluding hydrogens is 290 g/mol. The number of benzene rings is 1. The van der Waals surface area contributed by atoms with Gasteiger partial charge in [0.25, 0.3) is 0 Å². The van der Waals surface area contributed by atoms with Crippen LogP contribution in [0, 0.1) is 0 Å². The summed E-state index contributed by atoms with van der Waals surface area (Å²) in [6.45, 7) is 6.32. The Hall–Kier alpha value is -0.540. The second-order valence-corrected chi connectivity index (χ2v) is 5.74. The van der Waals surface area contributed by atoms with Gasteiger partial charge in [0.05, 0.1) is 6.61 Å². The third kappa shape index (κ3) is 7.72. The van der Waals surface area contributed by atoms with Crippen LogP contribution in [0.2, 0.25) is 0 Å². The Morgan fingerprint density at radius 3 is 2.67 bits per heavy atom. The molecule has 0 aliphatic rings. The zero-order chi connectivity index (χ0) is 13.2. The zero-order valence-corrected chi connectivity index (χ0v) is 13.0. The van der Waals surface area contributed by atoms with Crippen LogP contribution >= 0.6 is 15.9 Å². The van der Waals surface area contributed by atoms with Gasteiger partial charge in [-0.15, -0.1) is 0 Å². The van der Waals surface area contributed by atoms with Crippen LogP contribution in [0.15, 0.2) is 28.7 Å². The van der Waals surface area contributed by atoms with E-state index in [1.165, 1.54) is 19.3 Å². The second-order valence-electron chi connectivity index (χ2n) is 4.83. The average molecular weight is 314 g/mol. The molecule has 0 aromatic heterocycles. The van der Waals surface area contributed by atoms with Crippen LogP contribution in [-0.2, 0) is 0 Å². The second kappa shape index (κ2) is 9.40. The Balaban J connectivity index is 1.96. The quantitative estimate of drug-likeness (QED) is 0.683. The Morgan fingerprint density at radius 2 is 1.94 bits per heavy atom. The highest BCUT2D eigenvalue weighted by molar-refractivity contribution is 9.10. The van der Waals surface area contributed by atoms with E-state index in [9.17, 15) is 0 Å². The van der Waals surface area contributed by atoms with Gasteiger partial charge < -0.3 is 10.1 Å². The van der Waals surface area contributed by atoms with Crippen molar-refractivity contribution in [3.8, 4) is 5.75 Å². The first-order valence-corrected chi connectivity index (χ1v) is 7.59. The van der Waals surface area contributed by atoms with E-state index in [4.69, 9.17) is 4.74 Å². The lowest BCUT2D eigenvalue weighted by molar-refractivity contribution is 0.304. The van der Waals surface area contributed by atoms with E-state index in [1.807, 2.05) is 24.3 Å². The lowest BCUT2D eigenvalue weighted by Gasteiger charge is -2.08. The number of rotatable bonds is 9. The summed E-state index contributed by atoms with van der Waals surface area (Å²) in [4.78, 5) is 0. The third-order valence-corrected chi connectivity index (χ3v) is 3.18. The highest BCUT2D eigenvalue weighted by atomic mass is 79.9. The standard InChI is InChI=1S/C15H24BrNO/c1-13(2)17-10-5-3-4-6-11-18-15-9-7-8-14(16)12-15/h7-9,12-13,17H,3-6,10-11H2,1-2H3. The average Bonchev–Trinajstić information content (AvgIpc) is 2.32. The Labute approximate surface area is 119 Å². The largest absolute Gasteiger partial charge is 0.494 e. The molecule has 1 rings (SSSR count). The monoisotopic (exact) mass is 313 g/mol. The molecule has 1 N–H and O–H groups in total. The van der Waals surface area contributed by atoms with Crippen molar-refractivity contribution in [1.29, 1.82) is 0 Å². The van der Waals surface area contributed by atoms with E-state index in [2.05, 4.69) is 35.1 Å². The molecule has 2 nitrogen and oxygen atoms in total. The fraction of sp³-hybridized carbons (Fsp3) is 0.600. The van der Waals surface area contributed by atoms with Crippen molar-refractivity contribution in [3.05, 3.63) is 28.7 Å². The van der Waals surface area contributed by atoms with Gasteiger partial charge in [0.2, 0.25) is 0 Å². The fourth-order valence-electron chi connectivity index (χ4n) is 1.72. The summed E-state index contributed by atoms with van der Waals surface area (Å²) in [7, 11) is 0. The predicted molar refractivity (Wildman–Crippen MR) is 81.2 cm³/mol. The van der Waals surface area contributed by atoms with Crippen molar-refractivity contribution in [2.75, 3.05) is 13.2 Å². The summed E-state index contributed by atoms with van der Waals surface area (Å²) >= 11 is 3.44. The molecule has 3 heteroatoms. The van der Waals surface area contributed by atoms with E-state index in [0.717, 1.165) is 29.8 Å². The first-order chi connectivity index (χ1) is 8.68. The molecule has 0 atom stereocenters. The molecule has 0 saturated carbocycles. The van der Waals surface area contributed by atoms with E-state index >= 15 is 0 Å². The van der Waals surface area contributed by atoms with Crippen molar-refractivity contribution >= 4 is 15.9 Å². The smallest absolute Gasteiger partial charge is 0.120 e. The molecular formula is C15H24BrNO. The lowest BCUT2D eigenvalue weighted by atomic mass is 10.2. The summed E-state index contributed by atoms with van der Waals surface area (Å²) in [5, 5.41) is 3.43. The van der Waals surface area contributed by atoms with Crippen molar-refractivity contribution in [1.82, 2.24) is 5.32 Å². The molecule has 0 saturated heterocycles. The van der Waals surface area contributed by atoms with Crippen molar-refractivity contribution in [2.24, 2.45) is 0 Å². The molecule has 1 aromatic carbocycles. The summed E-state index contributed by atoms with van der Waals surface area (Å²) in [6, 6.07) is 8.61. The van der Waals surface area contributed by atoms with Gasteiger partial charge in [-0.2, -0.15) is 0 Å². The molecule has 18 heavy (non-hydrogen) atoms. The van der Waals surface area contributed by atoms with Crippen LogP contribution in [0.5, 0.6) is 5.75 Å². The topological polar surface area (TPSA) is 21.3 Å². The maximum atomic E-state index is 5.69. The van der Waals surface area contributed by atoms with Gasteiger partial charge in [-0.25, -0.2) is 0 Å². The van der Waals surface area contributed by atoms with E-state index < -0.39 is 0 Å². The third-order valence-electron chi connectivity index (χ3n) is 2.69. The van der Waals surface area contributed by atoms with Gasteiger partial charge in [0.1, 0.15) is 5.75 Å². The molecule has 102 valence electrons. The van der Waals surface area contributed by atoms with Crippen molar-refractivity contribution in [3.63, 3.8) is 0 Å². The maximum absolute atomic E-state index is 5.69. The van der Waals surface area contributed by atoms with Gasteiger partial charge in [-0.05, 0) is 37.6 Å². The molecule has 0 amide bonds. The molecule has 0 bridgehead atoms. The van der Waals surface area contributed by atoms with Gasteiger partial charge in [0.15, 0.2) is 0 Å². The number of unbranched alkanes of at least 4 members (excludes halogenated alkanes) is 3. The number of ether oxygens (including phenoxy) is 1. The minimum Gasteiger partial charge on any atom is -0.494 e. The molecule has 0 heterocycles. The number of hydrogen-bond donors (Lipinski definition) is 1. The van der Waals surface area contributed by atoms with Gasteiger partial charge in [0, 0.05) is 10.5 Å². The van der Waals surface area contributed by atoms with E-state index in [1.54, 1.807) is 0 Å². The van der Waals surface area contributed by atoms with E-state index in [0.29, 0.717) is 6.04 Å². The minimum atomic E-state index is 0.602. The van der Waals surface area contributed by atoms with Crippen molar-refractivity contribution in [2.45, 2.75) is 45.6 Å². The molecule has 0 unspecified atom stereocenters. The first-order valence-electron chi connectivity index (χ1n) is 6.80. The van der Waals surface area contributed by atoms with Gasteiger partial charge in [-0.3, -0.25) is 0 Å². The lowest BCUT2D eigenvalue weighted by Crippen LogP contribution is -2.23. The molecule has 0 radical (unpaired) electrons. The Kier molecular flexibility index (Phi) is 8.10. The van der Waals surface area contributed by atoms with Crippen LogP contribution in [0.1, 0.15) is 39.5 Å². The van der Waals surface area contributed by atoms with Crippen molar-refractivity contribution < 1.29 is 4.74 Å². The van der Waals surface area contributed by atoms with Crippen LogP contribution < -0.4 is 10.1 Å². The van der Waals surface area contributed by atoms with Crippen LogP contribution in [0.25, 0.3) is 0 Å². The Morgan fingerprint density at radius 1 is 1.17 bits per heavy atom. The number of hydrogen-bond acceptors (Lipinski definition) is 2. The molecule has 0 fully saturated rings. The first kappa shape index (κ1) is 15.5. The number of nitrogens with one attached hydrogen (secondary N) is 1. The zero-order valence-electron chi connectivity index (χ0n) is 11.4. The van der Waals surface area contributed by atoms with Gasteiger partial charge in [-0.1, -0.05) is 48.7 Å². The molecule has 1 aromatic rings. The van der Waals surface area contributed by atoms with E-state index in [-0.39, 0.29) is 0 Å². The Bertz CT molecular complexity index is 328. The predicted octanol–water partition coefficient (Wildman–Crippen LogP) is 4.39. The minimum absolute atomic E-state index is 0.602. The summed E-state index contributed by atoms with van der Waals surface area (Å²) < 4.78 is 6.76. The fourth-order valence-corrected chi connectivity index (χ4v) is 2.10. The molecule has 0 aliphatic heterocycles. The highest BCUT2D eigenvalue weighted by Gasteiger charge is 1.96. The summed E-state index contributed by atoms with van der Waals surface area (Å²) in [6.07, 6.45) is 4.92. The van der Waals surface area contributed by atoms with Crippen LogP contribution in [-0.4, -0.2) is 19.2 Å².